The molecular weight excluding hydrogens is 856 g/mol. The third kappa shape index (κ3) is 12.9. The van der Waals surface area contributed by atoms with Crippen molar-refractivity contribution in [1.82, 2.24) is 25.1 Å². The van der Waals surface area contributed by atoms with Crippen LogP contribution in [0.1, 0.15) is 59.2 Å². The fourth-order valence-electron chi connectivity index (χ4n) is 6.82. The van der Waals surface area contributed by atoms with Gasteiger partial charge in [-0.05, 0) is 78.0 Å². The number of piperidine rings is 1. The molecule has 0 spiro atoms. The van der Waals surface area contributed by atoms with Gasteiger partial charge >= 0.3 is 0 Å². The molecule has 4 N–H and O–H groups in total. The van der Waals surface area contributed by atoms with E-state index < -0.39 is 29.7 Å². The molecule has 0 radical (unpaired) electrons. The molecule has 3 aromatic rings. The maximum Gasteiger partial charge on any atom is 0.264 e. The fraction of sp³-hybridized carbons (Fsp3) is 0.500. The number of halogens is 1. The van der Waals surface area contributed by atoms with Crippen molar-refractivity contribution in [3.8, 4) is 5.75 Å². The monoisotopic (exact) mass is 908 g/mol. The average molecular weight is 910 g/mol. The molecule has 61 heavy (non-hydrogen) atoms. The molecule has 2 fully saturated rings. The van der Waals surface area contributed by atoms with Crippen molar-refractivity contribution in [2.75, 3.05) is 102 Å². The summed E-state index contributed by atoms with van der Waals surface area (Å²) in [5.74, 6) is 0.108. The number of rotatable bonds is 26. The lowest BCUT2D eigenvalue weighted by atomic mass is 9.84. The van der Waals surface area contributed by atoms with Crippen LogP contribution in [0.5, 0.6) is 5.75 Å². The third-order valence-corrected chi connectivity index (χ3v) is 10.9. The molecule has 6 rings (SSSR count). The smallest absolute Gasteiger partial charge is 0.264 e. The van der Waals surface area contributed by atoms with Crippen molar-refractivity contribution >= 4 is 68.6 Å². The summed E-state index contributed by atoms with van der Waals surface area (Å²) >= 11 is 3.51. The first-order valence-electron chi connectivity index (χ1n) is 20.6. The molecule has 1 aromatic heterocycles. The quantitative estimate of drug-likeness (QED) is 0.0663. The number of amides is 5. The summed E-state index contributed by atoms with van der Waals surface area (Å²) in [6.07, 6.45) is 5.83. The van der Waals surface area contributed by atoms with Gasteiger partial charge in [0.1, 0.15) is 24.2 Å². The van der Waals surface area contributed by atoms with Crippen molar-refractivity contribution in [3.05, 3.63) is 64.3 Å². The van der Waals surface area contributed by atoms with Crippen LogP contribution in [0.15, 0.2) is 53.1 Å². The van der Waals surface area contributed by atoms with E-state index in [9.17, 15) is 24.0 Å². The van der Waals surface area contributed by atoms with Crippen LogP contribution in [-0.4, -0.2) is 141 Å². The van der Waals surface area contributed by atoms with Gasteiger partial charge in [0.2, 0.25) is 23.7 Å². The van der Waals surface area contributed by atoms with Gasteiger partial charge in [0.15, 0.2) is 0 Å². The van der Waals surface area contributed by atoms with Crippen molar-refractivity contribution in [2.45, 2.75) is 44.6 Å². The van der Waals surface area contributed by atoms with E-state index in [1.165, 1.54) is 0 Å². The van der Waals surface area contributed by atoms with Crippen molar-refractivity contribution in [1.29, 1.82) is 0 Å². The zero-order valence-electron chi connectivity index (χ0n) is 34.3. The molecule has 2 aromatic carbocycles. The topological polar surface area (TPSA) is 212 Å². The molecule has 3 heterocycles. The number of anilines is 4. The van der Waals surface area contributed by atoms with Gasteiger partial charge in [-0.2, -0.15) is 4.98 Å². The lowest BCUT2D eigenvalue weighted by Crippen LogP contribution is -2.54. The van der Waals surface area contributed by atoms with E-state index in [0.717, 1.165) is 40.7 Å². The number of imide groups is 2. The Kier molecular flexibility index (Phi) is 17.2. The first-order valence-corrected chi connectivity index (χ1v) is 21.4. The predicted octanol–water partition coefficient (Wildman–Crippen LogP) is 4.00. The lowest BCUT2D eigenvalue weighted by Gasteiger charge is -2.29. The summed E-state index contributed by atoms with van der Waals surface area (Å²) in [6.45, 7) is 5.26. The highest BCUT2D eigenvalue weighted by atomic mass is 79.9. The van der Waals surface area contributed by atoms with E-state index in [-0.39, 0.29) is 35.8 Å². The normalized spacial score (nSPS) is 16.2. The highest BCUT2D eigenvalue weighted by Gasteiger charge is 2.45. The van der Waals surface area contributed by atoms with E-state index >= 15 is 0 Å². The summed E-state index contributed by atoms with van der Waals surface area (Å²) in [7, 11) is 1.87. The van der Waals surface area contributed by atoms with Crippen LogP contribution in [0.3, 0.4) is 0 Å². The van der Waals surface area contributed by atoms with Crippen molar-refractivity contribution in [3.63, 3.8) is 0 Å². The molecule has 1 saturated carbocycles. The lowest BCUT2D eigenvalue weighted by molar-refractivity contribution is -0.137. The molecule has 18 nitrogen and oxygen atoms in total. The van der Waals surface area contributed by atoms with Crippen LogP contribution in [0.4, 0.5) is 23.1 Å². The van der Waals surface area contributed by atoms with Gasteiger partial charge in [-0.1, -0.05) is 12.5 Å². The minimum absolute atomic E-state index is 0.0616. The fourth-order valence-corrected chi connectivity index (χ4v) is 7.15. The molecule has 19 heteroatoms. The number of nitrogens with one attached hydrogen (secondary N) is 4. The largest absolute Gasteiger partial charge is 0.491 e. The summed E-state index contributed by atoms with van der Waals surface area (Å²) in [6, 6.07) is 11.4. The molecule has 1 aliphatic carbocycles. The van der Waals surface area contributed by atoms with E-state index in [0.29, 0.717) is 102 Å². The van der Waals surface area contributed by atoms with Gasteiger partial charge in [-0.15, -0.1) is 0 Å². The Morgan fingerprint density at radius 3 is 2.21 bits per heavy atom. The van der Waals surface area contributed by atoms with Crippen LogP contribution < -0.4 is 26.0 Å². The van der Waals surface area contributed by atoms with Crippen LogP contribution in [0.25, 0.3) is 0 Å². The number of hydrogen-bond donors (Lipinski definition) is 4. The van der Waals surface area contributed by atoms with Gasteiger partial charge in [-0.3, -0.25) is 34.2 Å². The van der Waals surface area contributed by atoms with Gasteiger partial charge < -0.3 is 44.5 Å². The second-order valence-electron chi connectivity index (χ2n) is 14.6. The number of carbonyl (C=O) groups is 5. The van der Waals surface area contributed by atoms with Gasteiger partial charge in [-0.25, -0.2) is 4.98 Å². The number of nitrogens with zero attached hydrogens (tertiary/aromatic N) is 4. The average Bonchev–Trinajstić information content (AvgIpc) is 3.49. The third-order valence-electron chi connectivity index (χ3n) is 10.3. The van der Waals surface area contributed by atoms with Crippen LogP contribution in [0.2, 0.25) is 0 Å². The van der Waals surface area contributed by atoms with E-state index in [1.54, 1.807) is 24.4 Å². The standard InChI is InChI=1S/C42H53BrN8O10/c1-50(39(54)28-5-2-6-28)17-4-15-45-37-32(43)27-46-42(49-37)47-29-9-11-30(12-10-29)61-26-25-60-24-23-59-22-21-58-20-19-57-18-16-44-33-8-3-7-31-36(33)41(56)51(40(31)55)34-13-14-35(52)48-38(34)53/h3,7-12,27-28,34,44H,2,4-6,13-26H2,1H3,(H,48,52,53)(H2,45,46,47,49). The summed E-state index contributed by atoms with van der Waals surface area (Å²) in [5.41, 5.74) is 1.70. The first-order chi connectivity index (χ1) is 29.7. The predicted molar refractivity (Wildman–Crippen MR) is 228 cm³/mol. The molecule has 1 saturated heterocycles. The summed E-state index contributed by atoms with van der Waals surface area (Å²) in [4.78, 5) is 74.1. The van der Waals surface area contributed by atoms with E-state index in [1.807, 2.05) is 36.2 Å². The Bertz CT molecular complexity index is 1990. The van der Waals surface area contributed by atoms with Gasteiger partial charge in [0.25, 0.3) is 11.8 Å². The minimum Gasteiger partial charge on any atom is -0.491 e. The zero-order valence-corrected chi connectivity index (χ0v) is 35.8. The Morgan fingerprint density at radius 2 is 1.54 bits per heavy atom. The zero-order chi connectivity index (χ0) is 43.0. The second kappa shape index (κ2) is 23.1. The number of ether oxygens (including phenoxy) is 5. The van der Waals surface area contributed by atoms with Gasteiger partial charge in [0.05, 0.1) is 68.5 Å². The molecule has 1 atom stereocenters. The number of benzene rings is 2. The van der Waals surface area contributed by atoms with Crippen molar-refractivity contribution < 1.29 is 47.7 Å². The van der Waals surface area contributed by atoms with E-state index in [2.05, 4.69) is 47.2 Å². The molecular formula is C42H53BrN8O10. The Balaban J connectivity index is 0.746. The Morgan fingerprint density at radius 1 is 0.852 bits per heavy atom. The molecule has 0 bridgehead atoms. The first kappa shape index (κ1) is 45.3. The number of hydrogen-bond acceptors (Lipinski definition) is 15. The summed E-state index contributed by atoms with van der Waals surface area (Å²) < 4.78 is 28.9. The van der Waals surface area contributed by atoms with Crippen LogP contribution in [-0.2, 0) is 33.3 Å². The molecule has 2 aliphatic heterocycles. The highest BCUT2D eigenvalue weighted by molar-refractivity contribution is 9.10. The van der Waals surface area contributed by atoms with Crippen molar-refractivity contribution in [2.24, 2.45) is 5.92 Å². The molecule has 3 aliphatic rings. The maximum atomic E-state index is 13.2. The minimum atomic E-state index is -1.02. The van der Waals surface area contributed by atoms with Crippen LogP contribution in [0, 0.1) is 5.92 Å². The van der Waals surface area contributed by atoms with Crippen LogP contribution >= 0.6 is 15.9 Å². The van der Waals surface area contributed by atoms with E-state index in [4.69, 9.17) is 23.7 Å². The SMILES string of the molecule is CN(CCCNc1nc(Nc2ccc(OCCOCCOCCOCCOCCNc3cccc4c3C(=O)N(C3CCC(=O)NC3=O)C4=O)cc2)ncc1Br)C(=O)C1CCC1. The molecule has 5 amide bonds. The molecule has 1 unspecified atom stereocenters. The Hall–Kier alpha value is -5.21. The molecule has 328 valence electrons. The summed E-state index contributed by atoms with van der Waals surface area (Å²) in [5, 5.41) is 11.9. The number of carbonyl (C=O) groups excluding carboxylic acids is 5. The highest BCUT2D eigenvalue weighted by Crippen LogP contribution is 2.32. The van der Waals surface area contributed by atoms with Gasteiger partial charge in [0, 0.05) is 56.6 Å². The number of aromatic nitrogens is 2. The number of fused-ring (bicyclic) bond motifs is 1. The maximum absolute atomic E-state index is 13.2. The second-order valence-corrected chi connectivity index (χ2v) is 15.5. The Labute approximate surface area is 362 Å².